The number of aryl methyl sites for hydroxylation is 1. The molecule has 1 N–H and O–H groups in total. The number of hydrogen-bond acceptors (Lipinski definition) is 4. The number of aliphatic hydroxyl groups excluding tert-OH is 1. The lowest BCUT2D eigenvalue weighted by Crippen LogP contribution is -2.30. The number of nitrogens with zero attached hydrogens (tertiary/aromatic N) is 1. The number of ketones is 1. The number of carbonyl (C=O) groups excluding carboxylic acids is 2. The maximum atomic E-state index is 12.8. The molecule has 0 radical (unpaired) electrons. The van der Waals surface area contributed by atoms with Crippen LogP contribution in [0.1, 0.15) is 37.8 Å². The van der Waals surface area contributed by atoms with Crippen LogP contribution in [0, 0.1) is 12.8 Å². The van der Waals surface area contributed by atoms with E-state index in [0.29, 0.717) is 17.2 Å². The number of benzene rings is 1. The second kappa shape index (κ2) is 7.11. The fourth-order valence-corrected chi connectivity index (χ4v) is 3.52. The molecular formula is C20H20BrNO4. The number of halogens is 1. The maximum absolute atomic E-state index is 12.8. The molecule has 0 spiro atoms. The lowest BCUT2D eigenvalue weighted by atomic mass is 9.95. The van der Waals surface area contributed by atoms with Crippen molar-refractivity contribution in [2.45, 2.75) is 33.2 Å². The van der Waals surface area contributed by atoms with Gasteiger partial charge in [0, 0.05) is 16.6 Å². The van der Waals surface area contributed by atoms with Crippen molar-refractivity contribution in [1.82, 2.24) is 0 Å². The number of amides is 1. The van der Waals surface area contributed by atoms with Crippen LogP contribution in [0.15, 0.2) is 56.6 Å². The Bertz CT molecular complexity index is 897. The zero-order valence-corrected chi connectivity index (χ0v) is 16.4. The minimum Gasteiger partial charge on any atom is -0.503 e. The van der Waals surface area contributed by atoms with Crippen molar-refractivity contribution >= 4 is 33.3 Å². The summed E-state index contributed by atoms with van der Waals surface area (Å²) in [4.78, 5) is 27.0. The second-order valence-electron chi connectivity index (χ2n) is 6.79. The van der Waals surface area contributed by atoms with Crippen LogP contribution in [0.25, 0.3) is 0 Å². The summed E-state index contributed by atoms with van der Waals surface area (Å²) < 4.78 is 6.52. The van der Waals surface area contributed by atoms with Crippen LogP contribution in [-0.4, -0.2) is 16.8 Å². The lowest BCUT2D eigenvalue weighted by molar-refractivity contribution is -0.118. The normalized spacial score (nSPS) is 17.5. The van der Waals surface area contributed by atoms with Gasteiger partial charge in [0.2, 0.25) is 0 Å². The number of Topliss-reactive ketones (excluding diaryl/α,β-unsaturated/α-hetero) is 1. The summed E-state index contributed by atoms with van der Waals surface area (Å²) in [7, 11) is 0. The first-order valence-electron chi connectivity index (χ1n) is 8.41. The van der Waals surface area contributed by atoms with Gasteiger partial charge in [-0.25, -0.2) is 0 Å². The number of aliphatic hydroxyl groups is 1. The minimum atomic E-state index is -0.781. The maximum Gasteiger partial charge on any atom is 0.294 e. The van der Waals surface area contributed by atoms with Gasteiger partial charge in [-0.15, -0.1) is 0 Å². The van der Waals surface area contributed by atoms with Crippen LogP contribution < -0.4 is 4.90 Å². The topological polar surface area (TPSA) is 70.8 Å². The zero-order valence-electron chi connectivity index (χ0n) is 14.8. The van der Waals surface area contributed by atoms with E-state index in [-0.39, 0.29) is 23.7 Å². The van der Waals surface area contributed by atoms with Gasteiger partial charge in [0.25, 0.3) is 5.91 Å². The van der Waals surface area contributed by atoms with Crippen molar-refractivity contribution in [3.8, 4) is 0 Å². The number of carbonyl (C=O) groups is 2. The van der Waals surface area contributed by atoms with Gasteiger partial charge >= 0.3 is 0 Å². The molecule has 3 rings (SSSR count). The zero-order chi connectivity index (χ0) is 19.0. The fraction of sp³-hybridized carbons (Fsp3) is 0.300. The van der Waals surface area contributed by atoms with Gasteiger partial charge in [0.15, 0.2) is 11.5 Å². The van der Waals surface area contributed by atoms with Gasteiger partial charge in [0.1, 0.15) is 17.6 Å². The third kappa shape index (κ3) is 3.33. The molecule has 6 heteroatoms. The number of hydrogen-bond donors (Lipinski definition) is 1. The highest BCUT2D eigenvalue weighted by Gasteiger charge is 2.45. The van der Waals surface area contributed by atoms with Crippen molar-refractivity contribution in [2.75, 3.05) is 4.90 Å². The highest BCUT2D eigenvalue weighted by Crippen LogP contribution is 2.42. The molecule has 1 unspecified atom stereocenters. The third-order valence-electron chi connectivity index (χ3n) is 4.22. The van der Waals surface area contributed by atoms with Crippen molar-refractivity contribution in [3.05, 3.63) is 63.7 Å². The van der Waals surface area contributed by atoms with E-state index in [0.717, 1.165) is 4.47 Å². The van der Waals surface area contributed by atoms with E-state index in [1.54, 1.807) is 37.3 Å². The van der Waals surface area contributed by atoms with Crippen LogP contribution in [0.4, 0.5) is 5.69 Å². The summed E-state index contributed by atoms with van der Waals surface area (Å²) in [5, 5.41) is 10.5. The highest BCUT2D eigenvalue weighted by molar-refractivity contribution is 9.10. The molecule has 1 aliphatic rings. The summed E-state index contributed by atoms with van der Waals surface area (Å²) in [5.41, 5.74) is 0.667. The van der Waals surface area contributed by atoms with Gasteiger partial charge in [-0.05, 0) is 43.2 Å². The van der Waals surface area contributed by atoms with Crippen molar-refractivity contribution < 1.29 is 19.1 Å². The number of furan rings is 1. The van der Waals surface area contributed by atoms with Gasteiger partial charge in [-0.3, -0.25) is 14.5 Å². The summed E-state index contributed by atoms with van der Waals surface area (Å²) in [6.45, 7) is 5.64. The van der Waals surface area contributed by atoms with Crippen molar-refractivity contribution in [2.24, 2.45) is 5.92 Å². The molecule has 1 atom stereocenters. The first kappa shape index (κ1) is 18.5. The van der Waals surface area contributed by atoms with E-state index >= 15 is 0 Å². The summed E-state index contributed by atoms with van der Waals surface area (Å²) in [6.07, 6.45) is 0.245. The average Bonchev–Trinajstić information content (AvgIpc) is 3.09. The Morgan fingerprint density at radius 2 is 2.04 bits per heavy atom. The van der Waals surface area contributed by atoms with Crippen molar-refractivity contribution in [1.29, 1.82) is 0 Å². The van der Waals surface area contributed by atoms with Gasteiger partial charge in [0.05, 0.1) is 5.57 Å². The monoisotopic (exact) mass is 417 g/mol. The van der Waals surface area contributed by atoms with E-state index < -0.39 is 17.7 Å². The smallest absolute Gasteiger partial charge is 0.294 e. The summed E-state index contributed by atoms with van der Waals surface area (Å²) >= 11 is 3.40. The third-order valence-corrected chi connectivity index (χ3v) is 4.71. The van der Waals surface area contributed by atoms with Gasteiger partial charge < -0.3 is 9.52 Å². The lowest BCUT2D eigenvalue weighted by Gasteiger charge is -2.25. The van der Waals surface area contributed by atoms with E-state index in [9.17, 15) is 14.7 Å². The molecule has 0 saturated heterocycles. The largest absolute Gasteiger partial charge is 0.503 e. The first-order valence-corrected chi connectivity index (χ1v) is 9.20. The number of anilines is 1. The van der Waals surface area contributed by atoms with Crippen LogP contribution in [0.3, 0.4) is 0 Å². The standard InChI is InChI=1S/C20H20BrNO4/c1-11(2)9-15(23)17-18(16-8-7-12(3)26-16)22(20(25)19(17)24)14-6-4-5-13(21)10-14/h4-8,10-11,18,24H,9H2,1-3H3. The molecule has 26 heavy (non-hydrogen) atoms. The molecule has 1 aliphatic heterocycles. The Kier molecular flexibility index (Phi) is 5.05. The molecule has 0 fully saturated rings. The van der Waals surface area contributed by atoms with Gasteiger partial charge in [-0.1, -0.05) is 35.8 Å². The predicted molar refractivity (Wildman–Crippen MR) is 102 cm³/mol. The Morgan fingerprint density at radius 1 is 1.31 bits per heavy atom. The molecule has 1 aromatic carbocycles. The molecule has 1 aromatic heterocycles. The predicted octanol–water partition coefficient (Wildman–Crippen LogP) is 4.87. The fourth-order valence-electron chi connectivity index (χ4n) is 3.13. The molecule has 1 amide bonds. The molecule has 136 valence electrons. The Balaban J connectivity index is 2.13. The Morgan fingerprint density at radius 3 is 2.62 bits per heavy atom. The number of rotatable bonds is 5. The Hall–Kier alpha value is -2.34. The molecule has 2 heterocycles. The molecule has 0 saturated carbocycles. The summed E-state index contributed by atoms with van der Waals surface area (Å²) in [6, 6.07) is 9.89. The first-order chi connectivity index (χ1) is 12.3. The SMILES string of the molecule is Cc1ccc(C2C(C(=O)CC(C)C)=C(O)C(=O)N2c2cccc(Br)c2)o1. The average molecular weight is 418 g/mol. The van der Waals surface area contributed by atoms with Crippen LogP contribution >= 0.6 is 15.9 Å². The highest BCUT2D eigenvalue weighted by atomic mass is 79.9. The van der Waals surface area contributed by atoms with Crippen LogP contribution in [0.5, 0.6) is 0 Å². The van der Waals surface area contributed by atoms with Crippen LogP contribution in [-0.2, 0) is 9.59 Å². The molecular weight excluding hydrogens is 398 g/mol. The molecule has 5 nitrogen and oxygen atoms in total. The van der Waals surface area contributed by atoms with Crippen molar-refractivity contribution in [3.63, 3.8) is 0 Å². The molecule has 0 bridgehead atoms. The van der Waals surface area contributed by atoms with Gasteiger partial charge in [-0.2, -0.15) is 0 Å². The molecule has 0 aliphatic carbocycles. The quantitative estimate of drug-likeness (QED) is 0.753. The van der Waals surface area contributed by atoms with E-state index in [1.165, 1.54) is 4.90 Å². The summed E-state index contributed by atoms with van der Waals surface area (Å²) in [5.74, 6) is -0.126. The molecule has 2 aromatic rings. The second-order valence-corrected chi connectivity index (χ2v) is 7.71. The Labute approximate surface area is 160 Å². The van der Waals surface area contributed by atoms with E-state index in [4.69, 9.17) is 4.42 Å². The van der Waals surface area contributed by atoms with E-state index in [2.05, 4.69) is 15.9 Å². The van der Waals surface area contributed by atoms with E-state index in [1.807, 2.05) is 19.9 Å². The minimum absolute atomic E-state index is 0.0954. The van der Waals surface area contributed by atoms with Crippen LogP contribution in [0.2, 0.25) is 0 Å².